The third-order valence-electron chi connectivity index (χ3n) is 5.42. The molecule has 4 rings (SSSR count). The molecule has 0 saturated heterocycles. The van der Waals surface area contributed by atoms with Gasteiger partial charge in [-0.3, -0.25) is 4.98 Å². The van der Waals surface area contributed by atoms with E-state index in [2.05, 4.69) is 4.98 Å². The monoisotopic (exact) mass is 431 g/mol. The molecular formula is C23H24F3N3O2. The van der Waals surface area contributed by atoms with Crippen molar-refractivity contribution >= 4 is 0 Å². The van der Waals surface area contributed by atoms with Crippen molar-refractivity contribution in [3.63, 3.8) is 0 Å². The van der Waals surface area contributed by atoms with Crippen molar-refractivity contribution in [1.29, 1.82) is 0 Å². The van der Waals surface area contributed by atoms with E-state index in [9.17, 15) is 13.2 Å². The van der Waals surface area contributed by atoms with E-state index in [0.717, 1.165) is 40.0 Å². The van der Waals surface area contributed by atoms with E-state index < -0.39 is 11.7 Å². The Bertz CT molecular complexity index is 1100. The van der Waals surface area contributed by atoms with Crippen molar-refractivity contribution in [2.45, 2.75) is 45.9 Å². The van der Waals surface area contributed by atoms with Gasteiger partial charge in [0.2, 0.25) is 0 Å². The number of pyridine rings is 1. The predicted octanol–water partition coefficient (Wildman–Crippen LogP) is 5.08. The number of nitrogens with zero attached hydrogens (tertiary/aromatic N) is 3. The van der Waals surface area contributed by atoms with Crippen molar-refractivity contribution in [1.82, 2.24) is 14.8 Å². The lowest BCUT2D eigenvalue weighted by Gasteiger charge is -2.15. The van der Waals surface area contributed by atoms with Gasteiger partial charge in [0, 0.05) is 35.0 Å². The molecule has 0 spiro atoms. The van der Waals surface area contributed by atoms with Gasteiger partial charge in [-0.15, -0.1) is 0 Å². The molecule has 0 aliphatic carbocycles. The number of halogens is 3. The molecule has 164 valence electrons. The molecule has 3 aromatic rings. The van der Waals surface area contributed by atoms with E-state index in [0.29, 0.717) is 25.1 Å². The Morgan fingerprint density at radius 1 is 1.13 bits per heavy atom. The minimum atomic E-state index is -4.50. The fraction of sp³-hybridized carbons (Fsp3) is 0.391. The maximum absolute atomic E-state index is 13.3. The van der Waals surface area contributed by atoms with E-state index in [4.69, 9.17) is 14.6 Å². The molecule has 8 heteroatoms. The van der Waals surface area contributed by atoms with Gasteiger partial charge >= 0.3 is 6.18 Å². The van der Waals surface area contributed by atoms with Crippen LogP contribution in [0.2, 0.25) is 0 Å². The number of aromatic nitrogens is 3. The number of ether oxygens (including phenoxy) is 2. The number of hydrogen-bond donors (Lipinski definition) is 0. The second-order valence-electron chi connectivity index (χ2n) is 7.84. The maximum atomic E-state index is 13.3. The number of aryl methyl sites for hydroxylation is 2. The number of hydrogen-bond acceptors (Lipinski definition) is 4. The van der Waals surface area contributed by atoms with Gasteiger partial charge in [0.05, 0.1) is 42.5 Å². The highest BCUT2D eigenvalue weighted by atomic mass is 19.4. The fourth-order valence-electron chi connectivity index (χ4n) is 4.11. The minimum Gasteiger partial charge on any atom is -0.496 e. The molecule has 0 radical (unpaired) electrons. The molecule has 5 nitrogen and oxygen atoms in total. The Morgan fingerprint density at radius 2 is 1.84 bits per heavy atom. The SMILES string of the molecule is COc1cc(-n2nc(-c3cc(C)nc(C)c3)c3c2C[C@@H](C)OCC3)ccc1C(F)(F)F. The van der Waals surface area contributed by atoms with Crippen LogP contribution in [0.1, 0.15) is 35.1 Å². The first-order valence-electron chi connectivity index (χ1n) is 10.1. The summed E-state index contributed by atoms with van der Waals surface area (Å²) < 4.78 is 52.6. The Morgan fingerprint density at radius 3 is 2.48 bits per heavy atom. The molecule has 31 heavy (non-hydrogen) atoms. The zero-order valence-electron chi connectivity index (χ0n) is 17.9. The summed E-state index contributed by atoms with van der Waals surface area (Å²) in [6.45, 7) is 6.41. The molecule has 1 aromatic carbocycles. The van der Waals surface area contributed by atoms with Crippen molar-refractivity contribution in [2.75, 3.05) is 13.7 Å². The zero-order valence-corrected chi connectivity index (χ0v) is 17.9. The average molecular weight is 431 g/mol. The van der Waals surface area contributed by atoms with Gasteiger partial charge in [-0.05, 0) is 51.5 Å². The molecule has 0 amide bonds. The summed E-state index contributed by atoms with van der Waals surface area (Å²) in [5.74, 6) is -0.232. The first kappa shape index (κ1) is 21.4. The summed E-state index contributed by atoms with van der Waals surface area (Å²) in [7, 11) is 1.24. The third kappa shape index (κ3) is 4.17. The van der Waals surface area contributed by atoms with Crippen molar-refractivity contribution < 1.29 is 22.6 Å². The van der Waals surface area contributed by atoms with Crippen LogP contribution in [0.3, 0.4) is 0 Å². The second-order valence-corrected chi connectivity index (χ2v) is 7.84. The zero-order chi connectivity index (χ0) is 22.3. The minimum absolute atomic E-state index is 0.0261. The molecule has 0 saturated carbocycles. The fourth-order valence-corrected chi connectivity index (χ4v) is 4.11. The average Bonchev–Trinajstić information content (AvgIpc) is 2.92. The largest absolute Gasteiger partial charge is 0.496 e. The van der Waals surface area contributed by atoms with E-state index in [1.165, 1.54) is 19.2 Å². The topological polar surface area (TPSA) is 49.2 Å². The van der Waals surface area contributed by atoms with Gasteiger partial charge in [-0.1, -0.05) is 0 Å². The smallest absolute Gasteiger partial charge is 0.419 e. The lowest BCUT2D eigenvalue weighted by molar-refractivity contribution is -0.138. The number of methoxy groups -OCH3 is 1. The highest BCUT2D eigenvalue weighted by Crippen LogP contribution is 2.38. The van der Waals surface area contributed by atoms with Gasteiger partial charge < -0.3 is 9.47 Å². The molecule has 3 heterocycles. The van der Waals surface area contributed by atoms with Crippen LogP contribution in [0.5, 0.6) is 5.75 Å². The van der Waals surface area contributed by atoms with Gasteiger partial charge in [0.1, 0.15) is 5.75 Å². The van der Waals surface area contributed by atoms with Crippen molar-refractivity contribution in [2.24, 2.45) is 0 Å². The Hall–Kier alpha value is -2.87. The first-order valence-corrected chi connectivity index (χ1v) is 10.1. The maximum Gasteiger partial charge on any atom is 0.419 e. The van der Waals surface area contributed by atoms with Crippen LogP contribution in [0, 0.1) is 13.8 Å². The van der Waals surface area contributed by atoms with Crippen molar-refractivity contribution in [3.05, 3.63) is 58.5 Å². The molecule has 1 aliphatic heterocycles. The number of alkyl halides is 3. The molecule has 0 unspecified atom stereocenters. The lowest BCUT2D eigenvalue weighted by atomic mass is 10.0. The Balaban J connectivity index is 1.92. The Labute approximate surface area is 178 Å². The summed E-state index contributed by atoms with van der Waals surface area (Å²) >= 11 is 0. The quantitative estimate of drug-likeness (QED) is 0.580. The first-order chi connectivity index (χ1) is 14.7. The molecule has 0 bridgehead atoms. The number of benzene rings is 1. The van der Waals surface area contributed by atoms with Crippen LogP contribution in [-0.2, 0) is 23.8 Å². The van der Waals surface area contributed by atoms with Crippen LogP contribution >= 0.6 is 0 Å². The summed E-state index contributed by atoms with van der Waals surface area (Å²) in [6.07, 6.45) is -3.24. The molecule has 2 aromatic heterocycles. The summed E-state index contributed by atoms with van der Waals surface area (Å²) in [5.41, 5.74) is 5.20. The second kappa shape index (κ2) is 8.00. The number of rotatable bonds is 3. The molecular weight excluding hydrogens is 407 g/mol. The van der Waals surface area contributed by atoms with Gasteiger partial charge in [0.25, 0.3) is 0 Å². The molecule has 0 fully saturated rings. The molecule has 1 aliphatic rings. The number of fused-ring (bicyclic) bond motifs is 1. The van der Waals surface area contributed by atoms with Crippen LogP contribution in [0.4, 0.5) is 13.2 Å². The normalized spacial score (nSPS) is 16.7. The van der Waals surface area contributed by atoms with E-state index in [1.807, 2.05) is 32.9 Å². The predicted molar refractivity (Wildman–Crippen MR) is 111 cm³/mol. The van der Waals surface area contributed by atoms with Gasteiger partial charge in [-0.25, -0.2) is 4.68 Å². The van der Waals surface area contributed by atoms with Crippen LogP contribution in [0.25, 0.3) is 16.9 Å². The van der Waals surface area contributed by atoms with Crippen LogP contribution < -0.4 is 4.74 Å². The summed E-state index contributed by atoms with van der Waals surface area (Å²) in [5, 5.41) is 4.85. The van der Waals surface area contributed by atoms with E-state index in [-0.39, 0.29) is 11.9 Å². The Kier molecular flexibility index (Phi) is 5.51. The van der Waals surface area contributed by atoms with Gasteiger partial charge in [-0.2, -0.15) is 18.3 Å². The highest BCUT2D eigenvalue weighted by Gasteiger charge is 2.35. The van der Waals surface area contributed by atoms with Gasteiger partial charge in [0.15, 0.2) is 0 Å². The third-order valence-corrected chi connectivity index (χ3v) is 5.42. The lowest BCUT2D eigenvalue weighted by Crippen LogP contribution is -2.14. The molecule has 0 N–H and O–H groups in total. The molecule has 1 atom stereocenters. The van der Waals surface area contributed by atoms with E-state index >= 15 is 0 Å². The van der Waals surface area contributed by atoms with Crippen molar-refractivity contribution in [3.8, 4) is 22.7 Å². The van der Waals surface area contributed by atoms with Crippen LogP contribution in [0.15, 0.2) is 30.3 Å². The summed E-state index contributed by atoms with van der Waals surface area (Å²) in [6, 6.07) is 7.81. The van der Waals surface area contributed by atoms with Crippen LogP contribution in [-0.4, -0.2) is 34.6 Å². The summed E-state index contributed by atoms with van der Waals surface area (Å²) in [4.78, 5) is 4.44. The van der Waals surface area contributed by atoms with E-state index in [1.54, 1.807) is 4.68 Å². The standard InChI is InChI=1S/C23H24F3N3O2/c1-13-9-16(10-14(2)27-13)22-18-7-8-31-15(3)11-20(18)29(28-22)17-5-6-19(23(24,25)26)21(12-17)30-4/h5-6,9-10,12,15H,7-8,11H2,1-4H3/t15-/m1/s1. The highest BCUT2D eigenvalue weighted by molar-refractivity contribution is 5.66.